The zero-order valence-corrected chi connectivity index (χ0v) is 17.1. The van der Waals surface area contributed by atoms with Crippen molar-refractivity contribution in [2.24, 2.45) is 0 Å². The van der Waals surface area contributed by atoms with E-state index in [4.69, 9.17) is 4.74 Å². The molecule has 0 aromatic heterocycles. The maximum Gasteiger partial charge on any atom is 0.333 e. The van der Waals surface area contributed by atoms with Crippen molar-refractivity contribution in [1.82, 2.24) is 0 Å². The second-order valence-corrected chi connectivity index (χ2v) is 10.8. The van der Waals surface area contributed by atoms with Crippen LogP contribution in [0.5, 0.6) is 0 Å². The van der Waals surface area contributed by atoms with E-state index in [1.807, 2.05) is 0 Å². The fourth-order valence-electron chi connectivity index (χ4n) is 3.05. The quantitative estimate of drug-likeness (QED) is 0.706. The van der Waals surface area contributed by atoms with Crippen molar-refractivity contribution in [2.45, 2.75) is 23.1 Å². The van der Waals surface area contributed by atoms with Gasteiger partial charge in [0.15, 0.2) is 19.7 Å². The van der Waals surface area contributed by atoms with Crippen molar-refractivity contribution in [3.8, 4) is 11.1 Å². The number of ether oxygens (including phenoxy) is 1. The van der Waals surface area contributed by atoms with Gasteiger partial charge in [-0.3, -0.25) is 0 Å². The lowest BCUT2D eigenvalue weighted by atomic mass is 10.0. The minimum absolute atomic E-state index is 0.0180. The normalized spacial score (nSPS) is 15.9. The Balaban J connectivity index is 2.09. The van der Waals surface area contributed by atoms with Gasteiger partial charge in [0, 0.05) is 5.57 Å². The third-order valence-electron chi connectivity index (χ3n) is 4.69. The van der Waals surface area contributed by atoms with Gasteiger partial charge in [-0.2, -0.15) is 0 Å². The van der Waals surface area contributed by atoms with Gasteiger partial charge in [0.05, 0.1) is 28.4 Å². The van der Waals surface area contributed by atoms with Crippen LogP contribution in [0.15, 0.2) is 57.8 Å². The first-order valence-electron chi connectivity index (χ1n) is 8.67. The third kappa shape index (κ3) is 3.88. The Morgan fingerprint density at radius 1 is 1.07 bits per heavy atom. The number of rotatable bonds is 4. The first kappa shape index (κ1) is 20.3. The van der Waals surface area contributed by atoms with Crippen LogP contribution in [0.3, 0.4) is 0 Å². The number of carbonyl (C=O) groups is 1. The maximum atomic E-state index is 12.5. The van der Waals surface area contributed by atoms with Crippen molar-refractivity contribution >= 4 is 31.7 Å². The molecule has 0 radical (unpaired) electrons. The van der Waals surface area contributed by atoms with Gasteiger partial charge >= 0.3 is 5.97 Å². The lowest BCUT2D eigenvalue weighted by Gasteiger charge is -2.09. The van der Waals surface area contributed by atoms with Crippen LogP contribution in [0.4, 0.5) is 0 Å². The molecular weight excluding hydrogens is 400 g/mol. The highest BCUT2D eigenvalue weighted by atomic mass is 32.2. The van der Waals surface area contributed by atoms with Crippen molar-refractivity contribution in [2.75, 3.05) is 18.6 Å². The zero-order valence-electron chi connectivity index (χ0n) is 15.5. The van der Waals surface area contributed by atoms with Crippen molar-refractivity contribution in [1.29, 1.82) is 0 Å². The van der Waals surface area contributed by atoms with E-state index in [0.29, 0.717) is 11.1 Å². The predicted molar refractivity (Wildman–Crippen MR) is 106 cm³/mol. The highest BCUT2D eigenvalue weighted by molar-refractivity contribution is 7.91. The summed E-state index contributed by atoms with van der Waals surface area (Å²) < 4.78 is 53.7. The van der Waals surface area contributed by atoms with E-state index in [9.17, 15) is 21.6 Å². The molecule has 3 rings (SSSR count). The molecule has 6 nitrogen and oxygen atoms in total. The van der Waals surface area contributed by atoms with Crippen LogP contribution >= 0.6 is 0 Å². The van der Waals surface area contributed by atoms with Gasteiger partial charge in [-0.1, -0.05) is 25.1 Å². The van der Waals surface area contributed by atoms with Crippen molar-refractivity contribution < 1.29 is 26.4 Å². The molecule has 0 N–H and O–H groups in total. The Hall–Kier alpha value is -2.45. The number of carbonyl (C=O) groups excluding carboxylic acids is 1. The van der Waals surface area contributed by atoms with Gasteiger partial charge in [-0.25, -0.2) is 21.6 Å². The van der Waals surface area contributed by atoms with E-state index < -0.39 is 25.6 Å². The summed E-state index contributed by atoms with van der Waals surface area (Å²) in [5.41, 5.74) is 2.18. The second-order valence-electron chi connectivity index (χ2n) is 6.41. The van der Waals surface area contributed by atoms with Crippen molar-refractivity contribution in [3.05, 3.63) is 53.6 Å². The summed E-state index contributed by atoms with van der Waals surface area (Å²) in [5.74, 6) is -0.698. The highest BCUT2D eigenvalue weighted by Gasteiger charge is 2.25. The van der Waals surface area contributed by atoms with Crippen LogP contribution in [0.25, 0.3) is 17.2 Å². The number of hydrogen-bond acceptors (Lipinski definition) is 6. The Bertz CT molecular complexity index is 1160. The summed E-state index contributed by atoms with van der Waals surface area (Å²) in [6.07, 6.45) is 1.63. The number of esters is 1. The Labute approximate surface area is 164 Å². The molecule has 0 bridgehead atoms. The van der Waals surface area contributed by atoms with Crippen LogP contribution < -0.4 is 0 Å². The van der Waals surface area contributed by atoms with Crippen LogP contribution in [0.2, 0.25) is 0 Å². The number of methoxy groups -OCH3 is 1. The summed E-state index contributed by atoms with van der Waals surface area (Å²) in [5, 5.41) is 0. The predicted octanol–water partition coefficient (Wildman–Crippen LogP) is 2.88. The monoisotopic (exact) mass is 420 g/mol. The summed E-state index contributed by atoms with van der Waals surface area (Å²) in [6.45, 7) is 1.58. The number of fused-ring (bicyclic) bond motifs is 1. The second kappa shape index (κ2) is 7.52. The Morgan fingerprint density at radius 3 is 2.32 bits per heavy atom. The van der Waals surface area contributed by atoms with Gasteiger partial charge in [0.1, 0.15) is 0 Å². The Kier molecular flexibility index (Phi) is 5.45. The molecule has 28 heavy (non-hydrogen) atoms. The van der Waals surface area contributed by atoms with E-state index in [0.717, 1.165) is 11.1 Å². The maximum absolute atomic E-state index is 12.5. The van der Waals surface area contributed by atoms with Crippen LogP contribution in [-0.4, -0.2) is 41.4 Å². The molecule has 0 fully saturated rings. The first-order valence-corrected chi connectivity index (χ1v) is 12.0. The topological polar surface area (TPSA) is 94.6 Å². The molecule has 1 heterocycles. The molecule has 148 valence electrons. The molecule has 2 aromatic rings. The molecule has 2 aromatic carbocycles. The summed E-state index contributed by atoms with van der Waals surface area (Å²) >= 11 is 0. The lowest BCUT2D eigenvalue weighted by molar-refractivity contribution is -0.136. The SMILES string of the molecule is CCS(=O)(=O)c1ccc(-c2ccc3c(c2)C=C(C(=O)OC)CCS3(=O)=O)cc1. The van der Waals surface area contributed by atoms with Crippen LogP contribution in [0.1, 0.15) is 18.9 Å². The number of benzene rings is 2. The standard InChI is InChI=1S/C20H20O6S2/c1-3-27(22,23)18-7-4-14(5-8-18)15-6-9-19-17(12-15)13-16(20(21)26-2)10-11-28(19,24)25/h4-9,12-13H,3,10-11H2,1-2H3. The molecule has 0 atom stereocenters. The van der Waals surface area contributed by atoms with E-state index in [-0.39, 0.29) is 27.7 Å². The minimum atomic E-state index is -3.52. The van der Waals surface area contributed by atoms with E-state index in [2.05, 4.69) is 0 Å². The molecule has 1 aliphatic rings. The molecule has 0 saturated heterocycles. The van der Waals surface area contributed by atoms with Gasteiger partial charge in [0.2, 0.25) is 0 Å². The molecule has 0 spiro atoms. The smallest absolute Gasteiger partial charge is 0.333 e. The first-order chi connectivity index (χ1) is 13.2. The highest BCUT2D eigenvalue weighted by Crippen LogP contribution is 2.31. The van der Waals surface area contributed by atoms with E-state index in [1.54, 1.807) is 37.3 Å². The molecule has 0 aliphatic carbocycles. The molecule has 0 amide bonds. The fourth-order valence-corrected chi connectivity index (χ4v) is 5.40. The van der Waals surface area contributed by atoms with Gasteiger partial charge < -0.3 is 4.74 Å². The molecule has 0 unspecified atom stereocenters. The van der Waals surface area contributed by atoms with Gasteiger partial charge in [-0.15, -0.1) is 0 Å². The van der Waals surface area contributed by atoms with Gasteiger partial charge in [0.25, 0.3) is 0 Å². The summed E-state index contributed by atoms with van der Waals surface area (Å²) in [7, 11) is -5.56. The summed E-state index contributed by atoms with van der Waals surface area (Å²) in [4.78, 5) is 12.3. The van der Waals surface area contributed by atoms with Gasteiger partial charge in [-0.05, 0) is 53.5 Å². The van der Waals surface area contributed by atoms with E-state index in [1.165, 1.54) is 25.3 Å². The number of hydrogen-bond donors (Lipinski definition) is 0. The largest absolute Gasteiger partial charge is 0.466 e. The minimum Gasteiger partial charge on any atom is -0.466 e. The average Bonchev–Trinajstić information content (AvgIpc) is 2.83. The zero-order chi connectivity index (χ0) is 20.5. The Morgan fingerprint density at radius 2 is 1.71 bits per heavy atom. The molecule has 8 heteroatoms. The average molecular weight is 421 g/mol. The molecule has 1 aliphatic heterocycles. The van der Waals surface area contributed by atoms with E-state index >= 15 is 0 Å². The third-order valence-corrected chi connectivity index (χ3v) is 8.22. The van der Waals surface area contributed by atoms with Crippen molar-refractivity contribution in [3.63, 3.8) is 0 Å². The van der Waals surface area contributed by atoms with Crippen LogP contribution in [0, 0.1) is 0 Å². The lowest BCUT2D eigenvalue weighted by Crippen LogP contribution is -2.10. The van der Waals surface area contributed by atoms with Crippen LogP contribution in [-0.2, 0) is 29.2 Å². The molecular formula is C20H20O6S2. The molecule has 0 saturated carbocycles. The summed E-state index contributed by atoms with van der Waals surface area (Å²) in [6, 6.07) is 11.3. The fraction of sp³-hybridized carbons (Fsp3) is 0.250. The number of sulfone groups is 2.